The molecule has 1 aromatic rings. The van der Waals surface area contributed by atoms with Gasteiger partial charge in [0.25, 0.3) is 0 Å². The molecule has 5 heteroatoms. The molecule has 0 radical (unpaired) electrons. The third-order valence-electron chi connectivity index (χ3n) is 7.18. The van der Waals surface area contributed by atoms with Crippen LogP contribution in [0.5, 0.6) is 0 Å². The van der Waals surface area contributed by atoms with Crippen molar-refractivity contribution in [2.45, 2.75) is 69.5 Å². The molecule has 146 valence electrons. The van der Waals surface area contributed by atoms with Crippen LogP contribution in [-0.4, -0.2) is 71.4 Å². The van der Waals surface area contributed by atoms with Crippen molar-refractivity contribution in [3.8, 4) is 0 Å². The Bertz CT molecular complexity index is 517. The molecule has 1 saturated carbocycles. The Balaban J connectivity index is 1.32. The summed E-state index contributed by atoms with van der Waals surface area (Å²) in [5.74, 6) is 0.824. The van der Waals surface area contributed by atoms with Crippen molar-refractivity contribution in [1.29, 1.82) is 0 Å². The SMILES string of the molecule is CN(CC1CCNCC1N1CCC(n2cccn2)CC1)C1CCCCC1. The predicted octanol–water partition coefficient (Wildman–Crippen LogP) is 2.76. The average Bonchev–Trinajstić information content (AvgIpc) is 3.24. The van der Waals surface area contributed by atoms with Gasteiger partial charge in [0.1, 0.15) is 0 Å². The van der Waals surface area contributed by atoms with Gasteiger partial charge in [-0.2, -0.15) is 5.10 Å². The zero-order valence-corrected chi connectivity index (χ0v) is 16.5. The second-order valence-corrected chi connectivity index (χ2v) is 8.80. The van der Waals surface area contributed by atoms with E-state index in [0.717, 1.165) is 12.0 Å². The molecule has 5 nitrogen and oxygen atoms in total. The van der Waals surface area contributed by atoms with Gasteiger partial charge in [0.2, 0.25) is 0 Å². The van der Waals surface area contributed by atoms with Gasteiger partial charge in [0, 0.05) is 50.7 Å². The molecule has 3 aliphatic rings. The van der Waals surface area contributed by atoms with Crippen molar-refractivity contribution in [2.24, 2.45) is 5.92 Å². The van der Waals surface area contributed by atoms with Gasteiger partial charge in [0.05, 0.1) is 6.04 Å². The van der Waals surface area contributed by atoms with Crippen LogP contribution < -0.4 is 5.32 Å². The minimum Gasteiger partial charge on any atom is -0.315 e. The molecular weight excluding hydrogens is 322 g/mol. The van der Waals surface area contributed by atoms with Crippen LogP contribution in [0.15, 0.2) is 18.5 Å². The highest BCUT2D eigenvalue weighted by molar-refractivity contribution is 4.92. The van der Waals surface area contributed by atoms with Gasteiger partial charge in [0.15, 0.2) is 0 Å². The molecule has 1 aliphatic carbocycles. The number of nitrogens with zero attached hydrogens (tertiary/aromatic N) is 4. The van der Waals surface area contributed by atoms with E-state index in [-0.39, 0.29) is 0 Å². The molecule has 4 rings (SSSR count). The first-order chi connectivity index (χ1) is 12.8. The largest absolute Gasteiger partial charge is 0.315 e. The summed E-state index contributed by atoms with van der Waals surface area (Å²) < 4.78 is 2.17. The van der Waals surface area contributed by atoms with Crippen molar-refractivity contribution in [2.75, 3.05) is 39.8 Å². The molecule has 1 aromatic heterocycles. The van der Waals surface area contributed by atoms with E-state index in [1.165, 1.54) is 84.1 Å². The number of likely N-dealkylation sites (tertiary alicyclic amines) is 1. The first-order valence-corrected chi connectivity index (χ1v) is 11.0. The first kappa shape index (κ1) is 18.5. The molecule has 0 spiro atoms. The van der Waals surface area contributed by atoms with Crippen LogP contribution >= 0.6 is 0 Å². The van der Waals surface area contributed by atoms with Gasteiger partial charge in [-0.05, 0) is 57.7 Å². The van der Waals surface area contributed by atoms with E-state index in [1.54, 1.807) is 0 Å². The normalized spacial score (nSPS) is 30.1. The van der Waals surface area contributed by atoms with Gasteiger partial charge in [-0.25, -0.2) is 0 Å². The van der Waals surface area contributed by atoms with E-state index in [0.29, 0.717) is 12.1 Å². The van der Waals surface area contributed by atoms with Crippen LogP contribution in [0.2, 0.25) is 0 Å². The minimum atomic E-state index is 0.598. The van der Waals surface area contributed by atoms with Crippen LogP contribution in [0, 0.1) is 5.92 Å². The number of hydrogen-bond acceptors (Lipinski definition) is 4. The van der Waals surface area contributed by atoms with Crippen molar-refractivity contribution in [3.05, 3.63) is 18.5 Å². The molecule has 0 aromatic carbocycles. The summed E-state index contributed by atoms with van der Waals surface area (Å²) in [7, 11) is 2.39. The Kier molecular flexibility index (Phi) is 6.28. The van der Waals surface area contributed by atoms with Crippen molar-refractivity contribution in [3.63, 3.8) is 0 Å². The van der Waals surface area contributed by atoms with E-state index >= 15 is 0 Å². The molecule has 26 heavy (non-hydrogen) atoms. The average molecular weight is 360 g/mol. The molecule has 0 amide bonds. The molecule has 2 atom stereocenters. The van der Waals surface area contributed by atoms with Gasteiger partial charge in [-0.3, -0.25) is 9.58 Å². The van der Waals surface area contributed by atoms with Gasteiger partial charge in [-0.15, -0.1) is 0 Å². The monoisotopic (exact) mass is 359 g/mol. The smallest absolute Gasteiger partial charge is 0.0543 e. The van der Waals surface area contributed by atoms with Crippen LogP contribution in [0.3, 0.4) is 0 Å². The highest BCUT2D eigenvalue weighted by Crippen LogP contribution is 2.29. The summed E-state index contributed by atoms with van der Waals surface area (Å²) >= 11 is 0. The quantitative estimate of drug-likeness (QED) is 0.877. The zero-order valence-electron chi connectivity index (χ0n) is 16.5. The number of rotatable bonds is 5. The first-order valence-electron chi connectivity index (χ1n) is 11.0. The second-order valence-electron chi connectivity index (χ2n) is 8.80. The summed E-state index contributed by atoms with van der Waals surface area (Å²) in [5, 5.41) is 8.14. The Morgan fingerprint density at radius 3 is 2.62 bits per heavy atom. The van der Waals surface area contributed by atoms with Gasteiger partial charge in [-0.1, -0.05) is 19.3 Å². The summed E-state index contributed by atoms with van der Waals surface area (Å²) in [4.78, 5) is 5.49. The molecule has 1 N–H and O–H groups in total. The highest BCUT2D eigenvalue weighted by atomic mass is 15.3. The van der Waals surface area contributed by atoms with E-state index in [9.17, 15) is 0 Å². The van der Waals surface area contributed by atoms with Crippen LogP contribution in [0.4, 0.5) is 0 Å². The zero-order chi connectivity index (χ0) is 17.8. The molecule has 0 bridgehead atoms. The Morgan fingerprint density at radius 2 is 1.88 bits per heavy atom. The standard InChI is InChI=1S/C21H37N5/c1-24(19-6-3-2-4-7-19)17-18-8-12-22-16-21(18)25-14-9-20(10-15-25)26-13-5-11-23-26/h5,11,13,18-22H,2-4,6-10,12,14-17H2,1H3. The Labute approximate surface area is 159 Å². The highest BCUT2D eigenvalue weighted by Gasteiger charge is 2.34. The lowest BCUT2D eigenvalue weighted by atomic mass is 9.87. The lowest BCUT2D eigenvalue weighted by Crippen LogP contribution is -2.56. The second kappa shape index (κ2) is 8.85. The van der Waals surface area contributed by atoms with Crippen LogP contribution in [-0.2, 0) is 0 Å². The van der Waals surface area contributed by atoms with E-state index < -0.39 is 0 Å². The fourth-order valence-electron chi connectivity index (χ4n) is 5.56. The minimum absolute atomic E-state index is 0.598. The maximum absolute atomic E-state index is 4.46. The predicted molar refractivity (Wildman–Crippen MR) is 106 cm³/mol. The maximum Gasteiger partial charge on any atom is 0.0543 e. The summed E-state index contributed by atoms with van der Waals surface area (Å²) in [6.45, 7) is 6.11. The summed E-state index contributed by atoms with van der Waals surface area (Å²) in [6.07, 6.45) is 15.0. The summed E-state index contributed by atoms with van der Waals surface area (Å²) in [5.41, 5.74) is 0. The van der Waals surface area contributed by atoms with E-state index in [2.05, 4.69) is 44.2 Å². The van der Waals surface area contributed by atoms with Gasteiger partial charge >= 0.3 is 0 Å². The fraction of sp³-hybridized carbons (Fsp3) is 0.857. The van der Waals surface area contributed by atoms with Crippen molar-refractivity contribution < 1.29 is 0 Å². The fourth-order valence-corrected chi connectivity index (χ4v) is 5.56. The number of nitrogens with one attached hydrogen (secondary N) is 1. The molecule has 2 unspecified atom stereocenters. The van der Waals surface area contributed by atoms with Gasteiger partial charge < -0.3 is 10.2 Å². The van der Waals surface area contributed by atoms with Crippen LogP contribution in [0.25, 0.3) is 0 Å². The Morgan fingerprint density at radius 1 is 1.08 bits per heavy atom. The lowest BCUT2D eigenvalue weighted by molar-refractivity contribution is 0.0517. The third-order valence-corrected chi connectivity index (χ3v) is 7.18. The number of hydrogen-bond donors (Lipinski definition) is 1. The summed E-state index contributed by atoms with van der Waals surface area (Å²) in [6, 6.07) is 4.20. The molecule has 2 aliphatic heterocycles. The van der Waals surface area contributed by atoms with Crippen molar-refractivity contribution in [1.82, 2.24) is 24.9 Å². The molecular formula is C21H37N5. The molecule has 2 saturated heterocycles. The van der Waals surface area contributed by atoms with E-state index in [4.69, 9.17) is 0 Å². The Hall–Kier alpha value is -0.910. The lowest BCUT2D eigenvalue weighted by Gasteiger charge is -2.45. The van der Waals surface area contributed by atoms with Crippen molar-refractivity contribution >= 4 is 0 Å². The maximum atomic E-state index is 4.46. The number of piperidine rings is 2. The topological polar surface area (TPSA) is 36.3 Å². The molecule has 3 fully saturated rings. The van der Waals surface area contributed by atoms with E-state index in [1.807, 2.05) is 6.20 Å². The molecule has 3 heterocycles. The third kappa shape index (κ3) is 4.32. The van der Waals surface area contributed by atoms with Crippen LogP contribution in [0.1, 0.15) is 57.4 Å². The number of aromatic nitrogens is 2.